The highest BCUT2D eigenvalue weighted by Crippen LogP contribution is 2.49. The lowest BCUT2D eigenvalue weighted by atomic mass is 9.69. The highest BCUT2D eigenvalue weighted by Gasteiger charge is 2.50. The predicted molar refractivity (Wildman–Crippen MR) is 60.3 cm³/mol. The average Bonchev–Trinajstić information content (AvgIpc) is 2.33. The Morgan fingerprint density at radius 1 is 1.43 bits per heavy atom. The first-order valence-corrected chi connectivity index (χ1v) is 6.46. The van der Waals surface area contributed by atoms with Gasteiger partial charge in [0, 0.05) is 23.6 Å². The second-order valence-electron chi connectivity index (χ2n) is 5.64. The van der Waals surface area contributed by atoms with Crippen molar-refractivity contribution in [2.24, 2.45) is 16.7 Å². The van der Waals surface area contributed by atoms with Crippen LogP contribution in [0.15, 0.2) is 0 Å². The first-order chi connectivity index (χ1) is 6.45. The highest BCUT2D eigenvalue weighted by atomic mass is 32.2. The van der Waals surface area contributed by atoms with E-state index in [0.717, 1.165) is 12.3 Å². The molecular formula is C11H19NOS. The summed E-state index contributed by atoms with van der Waals surface area (Å²) in [5.41, 5.74) is 0.632. The van der Waals surface area contributed by atoms with E-state index in [1.807, 2.05) is 11.8 Å². The minimum atomic E-state index is 0.203. The Kier molecular flexibility index (Phi) is 2.33. The molecule has 2 fully saturated rings. The molecule has 0 aromatic rings. The van der Waals surface area contributed by atoms with Gasteiger partial charge in [-0.1, -0.05) is 20.8 Å². The largest absolute Gasteiger partial charge is 0.355 e. The van der Waals surface area contributed by atoms with Crippen LogP contribution in [-0.4, -0.2) is 24.0 Å². The van der Waals surface area contributed by atoms with Gasteiger partial charge in [-0.3, -0.25) is 4.79 Å². The molecule has 1 amide bonds. The number of amides is 1. The SMILES string of the molecule is CC1C(=O)NCC12CSCC(C)(C)C2. The van der Waals surface area contributed by atoms with E-state index < -0.39 is 0 Å². The van der Waals surface area contributed by atoms with Gasteiger partial charge in [-0.15, -0.1) is 0 Å². The Morgan fingerprint density at radius 2 is 2.14 bits per heavy atom. The first kappa shape index (κ1) is 10.3. The molecule has 2 atom stereocenters. The summed E-state index contributed by atoms with van der Waals surface area (Å²) in [6.45, 7) is 7.61. The van der Waals surface area contributed by atoms with E-state index >= 15 is 0 Å². The molecule has 0 radical (unpaired) electrons. The van der Waals surface area contributed by atoms with Crippen molar-refractivity contribution in [2.45, 2.75) is 27.2 Å². The summed E-state index contributed by atoms with van der Waals surface area (Å²) in [5.74, 6) is 2.84. The van der Waals surface area contributed by atoms with E-state index in [2.05, 4.69) is 26.1 Å². The molecule has 0 bridgehead atoms. The zero-order chi connectivity index (χ0) is 10.4. The van der Waals surface area contributed by atoms with Gasteiger partial charge in [-0.05, 0) is 17.6 Å². The van der Waals surface area contributed by atoms with Crippen molar-refractivity contribution in [3.63, 3.8) is 0 Å². The minimum absolute atomic E-state index is 0.203. The van der Waals surface area contributed by atoms with Crippen LogP contribution in [0.3, 0.4) is 0 Å². The molecule has 0 aliphatic carbocycles. The van der Waals surface area contributed by atoms with Gasteiger partial charge in [0.05, 0.1) is 0 Å². The van der Waals surface area contributed by atoms with Crippen LogP contribution >= 0.6 is 11.8 Å². The number of carbonyl (C=O) groups is 1. The van der Waals surface area contributed by atoms with Gasteiger partial charge >= 0.3 is 0 Å². The van der Waals surface area contributed by atoms with Crippen LogP contribution in [0.1, 0.15) is 27.2 Å². The number of carbonyl (C=O) groups excluding carboxylic acids is 1. The lowest BCUT2D eigenvalue weighted by molar-refractivity contribution is -0.123. The molecule has 80 valence electrons. The lowest BCUT2D eigenvalue weighted by Crippen LogP contribution is -2.41. The average molecular weight is 213 g/mol. The van der Waals surface area contributed by atoms with E-state index in [9.17, 15) is 4.79 Å². The van der Waals surface area contributed by atoms with Crippen molar-refractivity contribution in [1.29, 1.82) is 0 Å². The molecule has 0 saturated carbocycles. The third-order valence-corrected chi connectivity index (χ3v) is 5.40. The highest BCUT2D eigenvalue weighted by molar-refractivity contribution is 7.99. The molecule has 2 unspecified atom stereocenters. The van der Waals surface area contributed by atoms with Gasteiger partial charge in [0.15, 0.2) is 0 Å². The lowest BCUT2D eigenvalue weighted by Gasteiger charge is -2.43. The second-order valence-corrected chi connectivity index (χ2v) is 6.62. The summed E-state index contributed by atoms with van der Waals surface area (Å²) in [4.78, 5) is 11.5. The Labute approximate surface area is 90.2 Å². The molecule has 2 aliphatic rings. The van der Waals surface area contributed by atoms with Crippen LogP contribution in [-0.2, 0) is 4.79 Å². The van der Waals surface area contributed by atoms with Crippen molar-refractivity contribution in [3.05, 3.63) is 0 Å². The Morgan fingerprint density at radius 3 is 2.64 bits per heavy atom. The number of thioether (sulfide) groups is 1. The molecule has 3 heteroatoms. The van der Waals surface area contributed by atoms with Crippen molar-refractivity contribution in [3.8, 4) is 0 Å². The summed E-state index contributed by atoms with van der Waals surface area (Å²) in [6.07, 6.45) is 1.19. The number of rotatable bonds is 0. The molecule has 1 spiro atoms. The van der Waals surface area contributed by atoms with Gasteiger partial charge in [0.2, 0.25) is 5.91 Å². The maximum atomic E-state index is 11.5. The van der Waals surface area contributed by atoms with Gasteiger partial charge in [-0.25, -0.2) is 0 Å². The van der Waals surface area contributed by atoms with E-state index in [4.69, 9.17) is 0 Å². The molecule has 2 nitrogen and oxygen atoms in total. The van der Waals surface area contributed by atoms with Crippen LogP contribution in [0.2, 0.25) is 0 Å². The van der Waals surface area contributed by atoms with E-state index in [0.29, 0.717) is 5.41 Å². The zero-order valence-electron chi connectivity index (χ0n) is 9.22. The number of nitrogens with one attached hydrogen (secondary N) is 1. The van der Waals surface area contributed by atoms with Gasteiger partial charge in [-0.2, -0.15) is 11.8 Å². The van der Waals surface area contributed by atoms with Crippen LogP contribution in [0, 0.1) is 16.7 Å². The third kappa shape index (κ3) is 1.56. The van der Waals surface area contributed by atoms with Crippen LogP contribution in [0.4, 0.5) is 0 Å². The summed E-state index contributed by atoms with van der Waals surface area (Å²) < 4.78 is 0. The molecule has 2 rings (SSSR count). The van der Waals surface area contributed by atoms with E-state index in [1.165, 1.54) is 12.2 Å². The van der Waals surface area contributed by atoms with Crippen molar-refractivity contribution in [1.82, 2.24) is 5.32 Å². The monoisotopic (exact) mass is 213 g/mol. The quantitative estimate of drug-likeness (QED) is 0.666. The maximum Gasteiger partial charge on any atom is 0.223 e. The molecule has 2 heterocycles. The van der Waals surface area contributed by atoms with Crippen molar-refractivity contribution >= 4 is 17.7 Å². The summed E-state index contributed by atoms with van der Waals surface area (Å²) in [5, 5.41) is 3.02. The maximum absolute atomic E-state index is 11.5. The van der Waals surface area contributed by atoms with Gasteiger partial charge < -0.3 is 5.32 Å². The van der Waals surface area contributed by atoms with E-state index in [1.54, 1.807) is 0 Å². The molecule has 14 heavy (non-hydrogen) atoms. The number of hydrogen-bond donors (Lipinski definition) is 1. The Balaban J connectivity index is 2.20. The molecular weight excluding hydrogens is 194 g/mol. The fraction of sp³-hybridized carbons (Fsp3) is 0.909. The van der Waals surface area contributed by atoms with Gasteiger partial charge in [0.25, 0.3) is 0 Å². The first-order valence-electron chi connectivity index (χ1n) is 5.31. The van der Waals surface area contributed by atoms with E-state index in [-0.39, 0.29) is 17.2 Å². The summed E-state index contributed by atoms with van der Waals surface area (Å²) in [7, 11) is 0. The summed E-state index contributed by atoms with van der Waals surface area (Å²) >= 11 is 2.01. The van der Waals surface area contributed by atoms with Crippen LogP contribution < -0.4 is 5.32 Å². The number of hydrogen-bond acceptors (Lipinski definition) is 2. The van der Waals surface area contributed by atoms with Crippen LogP contribution in [0.25, 0.3) is 0 Å². The standard InChI is InChI=1S/C11H19NOS/c1-8-9(13)12-5-11(8)4-10(2,3)6-14-7-11/h8H,4-7H2,1-3H3,(H,12,13). The fourth-order valence-corrected chi connectivity index (χ4v) is 4.44. The molecule has 2 saturated heterocycles. The molecule has 0 aromatic carbocycles. The Hall–Kier alpha value is -0.180. The third-order valence-electron chi connectivity index (χ3n) is 3.64. The molecule has 1 N–H and O–H groups in total. The molecule has 0 aromatic heterocycles. The topological polar surface area (TPSA) is 29.1 Å². The zero-order valence-corrected chi connectivity index (χ0v) is 10.0. The van der Waals surface area contributed by atoms with Crippen molar-refractivity contribution in [2.75, 3.05) is 18.1 Å². The van der Waals surface area contributed by atoms with Crippen LogP contribution in [0.5, 0.6) is 0 Å². The molecule has 2 aliphatic heterocycles. The Bertz CT molecular complexity index is 264. The summed E-state index contributed by atoms with van der Waals surface area (Å²) in [6, 6.07) is 0. The normalized spacial score (nSPS) is 41.4. The fourth-order valence-electron chi connectivity index (χ4n) is 2.82. The smallest absolute Gasteiger partial charge is 0.223 e. The predicted octanol–water partition coefficient (Wildman–Crippen LogP) is 1.90. The second kappa shape index (κ2) is 3.16. The van der Waals surface area contributed by atoms with Gasteiger partial charge in [0.1, 0.15) is 0 Å². The minimum Gasteiger partial charge on any atom is -0.355 e. The van der Waals surface area contributed by atoms with Crippen molar-refractivity contribution < 1.29 is 4.79 Å².